The molecule has 0 unspecified atom stereocenters. The molecule has 1 aromatic heterocycles. The average Bonchev–Trinajstić information content (AvgIpc) is 2.52. The van der Waals surface area contributed by atoms with E-state index in [4.69, 9.17) is 10.00 Å². The minimum atomic E-state index is -0.687. The second-order valence-corrected chi connectivity index (χ2v) is 5.26. The number of nitrogens with zero attached hydrogens (tertiary/aromatic N) is 2. The normalized spacial score (nSPS) is 11.7. The van der Waals surface area contributed by atoms with Gasteiger partial charge in [0.15, 0.2) is 0 Å². The van der Waals surface area contributed by atoms with Crippen LogP contribution in [0, 0.1) is 17.1 Å². The van der Waals surface area contributed by atoms with E-state index in [0.717, 1.165) is 0 Å². The van der Waals surface area contributed by atoms with Crippen LogP contribution in [-0.4, -0.2) is 28.6 Å². The smallest absolute Gasteiger partial charge is 0.123 e. The summed E-state index contributed by atoms with van der Waals surface area (Å²) >= 11 is 1.34. The second kappa shape index (κ2) is 7.62. The maximum absolute atomic E-state index is 12.7. The van der Waals surface area contributed by atoms with Crippen LogP contribution in [0.15, 0.2) is 47.6 Å². The van der Waals surface area contributed by atoms with Gasteiger partial charge in [-0.05, 0) is 36.4 Å². The Bertz CT molecular complexity index is 628. The average molecular weight is 304 g/mol. The lowest BCUT2D eigenvalue weighted by Crippen LogP contribution is -2.20. The number of halogens is 1. The van der Waals surface area contributed by atoms with Gasteiger partial charge in [-0.15, -0.1) is 11.8 Å². The number of rotatable bonds is 6. The van der Waals surface area contributed by atoms with E-state index in [2.05, 4.69) is 4.98 Å². The van der Waals surface area contributed by atoms with Crippen LogP contribution in [0.4, 0.5) is 4.39 Å². The van der Waals surface area contributed by atoms with Gasteiger partial charge in [0, 0.05) is 11.9 Å². The van der Waals surface area contributed by atoms with Gasteiger partial charge in [0.2, 0.25) is 0 Å². The van der Waals surface area contributed by atoms with E-state index in [1.807, 2.05) is 6.07 Å². The molecule has 0 aliphatic heterocycles. The predicted molar refractivity (Wildman–Crippen MR) is 77.6 cm³/mol. The Labute approximate surface area is 126 Å². The SMILES string of the molecule is N#Cc1ccnc(SC[C@@H](O)COc2ccc(F)cc2)c1. The van der Waals surface area contributed by atoms with Gasteiger partial charge < -0.3 is 9.84 Å². The molecule has 1 aromatic carbocycles. The summed E-state index contributed by atoms with van der Waals surface area (Å²) in [6, 6.07) is 10.9. The molecule has 0 saturated heterocycles. The van der Waals surface area contributed by atoms with Crippen molar-refractivity contribution >= 4 is 11.8 Å². The van der Waals surface area contributed by atoms with Crippen molar-refractivity contribution in [3.8, 4) is 11.8 Å². The quantitative estimate of drug-likeness (QED) is 0.831. The van der Waals surface area contributed by atoms with E-state index in [1.165, 1.54) is 36.0 Å². The van der Waals surface area contributed by atoms with Crippen molar-refractivity contribution in [2.24, 2.45) is 0 Å². The monoisotopic (exact) mass is 304 g/mol. The first kappa shape index (κ1) is 15.3. The lowest BCUT2D eigenvalue weighted by molar-refractivity contribution is 0.126. The zero-order valence-corrected chi connectivity index (χ0v) is 11.9. The van der Waals surface area contributed by atoms with Gasteiger partial charge in [0.05, 0.1) is 22.8 Å². The van der Waals surface area contributed by atoms with Crippen molar-refractivity contribution in [2.75, 3.05) is 12.4 Å². The minimum absolute atomic E-state index is 0.108. The van der Waals surface area contributed by atoms with Crippen molar-refractivity contribution in [3.05, 3.63) is 54.0 Å². The van der Waals surface area contributed by atoms with Crippen LogP contribution in [0.2, 0.25) is 0 Å². The molecular formula is C15H13FN2O2S. The van der Waals surface area contributed by atoms with E-state index in [1.54, 1.807) is 18.3 Å². The van der Waals surface area contributed by atoms with Crippen molar-refractivity contribution in [2.45, 2.75) is 11.1 Å². The van der Waals surface area contributed by atoms with Crippen LogP contribution in [0.3, 0.4) is 0 Å². The first-order valence-corrected chi connectivity index (χ1v) is 7.21. The van der Waals surface area contributed by atoms with E-state index < -0.39 is 6.10 Å². The lowest BCUT2D eigenvalue weighted by atomic mass is 10.3. The molecule has 2 rings (SSSR count). The summed E-state index contributed by atoms with van der Waals surface area (Å²) in [5, 5.41) is 19.3. The highest BCUT2D eigenvalue weighted by Gasteiger charge is 2.07. The van der Waals surface area contributed by atoms with Crippen LogP contribution in [-0.2, 0) is 0 Å². The zero-order valence-electron chi connectivity index (χ0n) is 11.1. The van der Waals surface area contributed by atoms with Crippen molar-refractivity contribution in [1.29, 1.82) is 5.26 Å². The Morgan fingerprint density at radius 2 is 2.10 bits per heavy atom. The molecule has 0 aliphatic carbocycles. The Morgan fingerprint density at radius 1 is 1.33 bits per heavy atom. The fraction of sp³-hybridized carbons (Fsp3) is 0.200. The maximum Gasteiger partial charge on any atom is 0.123 e. The van der Waals surface area contributed by atoms with Gasteiger partial charge in [0.25, 0.3) is 0 Å². The van der Waals surface area contributed by atoms with Gasteiger partial charge in [-0.2, -0.15) is 5.26 Å². The van der Waals surface area contributed by atoms with Crippen LogP contribution < -0.4 is 4.74 Å². The number of aliphatic hydroxyl groups excluding tert-OH is 1. The summed E-state index contributed by atoms with van der Waals surface area (Å²) in [4.78, 5) is 4.11. The van der Waals surface area contributed by atoms with Gasteiger partial charge in [-0.25, -0.2) is 9.37 Å². The molecule has 21 heavy (non-hydrogen) atoms. The van der Waals surface area contributed by atoms with Gasteiger partial charge in [0.1, 0.15) is 18.2 Å². The summed E-state index contributed by atoms with van der Waals surface area (Å²) in [6.07, 6.45) is 0.870. The summed E-state index contributed by atoms with van der Waals surface area (Å²) < 4.78 is 18.1. The maximum atomic E-state index is 12.7. The van der Waals surface area contributed by atoms with E-state index >= 15 is 0 Å². The molecule has 108 valence electrons. The largest absolute Gasteiger partial charge is 0.491 e. The molecule has 1 heterocycles. The Hall–Kier alpha value is -2.10. The number of hydrogen-bond donors (Lipinski definition) is 1. The van der Waals surface area contributed by atoms with Crippen molar-refractivity contribution in [1.82, 2.24) is 4.98 Å². The molecule has 0 spiro atoms. The Morgan fingerprint density at radius 3 is 2.81 bits per heavy atom. The summed E-state index contributed by atoms with van der Waals surface area (Å²) in [5.74, 6) is 0.565. The predicted octanol–water partition coefficient (Wildman–Crippen LogP) is 2.62. The van der Waals surface area contributed by atoms with Crippen molar-refractivity contribution in [3.63, 3.8) is 0 Å². The highest BCUT2D eigenvalue weighted by atomic mass is 32.2. The number of aromatic nitrogens is 1. The molecule has 6 heteroatoms. The highest BCUT2D eigenvalue weighted by molar-refractivity contribution is 7.99. The van der Waals surface area contributed by atoms with Crippen LogP contribution in [0.1, 0.15) is 5.56 Å². The standard InChI is InChI=1S/C15H13FN2O2S/c16-12-1-3-14(4-2-12)20-9-13(19)10-21-15-7-11(8-17)5-6-18-15/h1-7,13,19H,9-10H2/t13-/m0/s1. The Kier molecular flexibility index (Phi) is 5.55. The number of benzene rings is 1. The molecule has 0 fully saturated rings. The van der Waals surface area contributed by atoms with E-state index in [9.17, 15) is 9.50 Å². The van der Waals surface area contributed by atoms with Crippen LogP contribution in [0.25, 0.3) is 0 Å². The summed E-state index contributed by atoms with van der Waals surface area (Å²) in [6.45, 7) is 0.108. The zero-order chi connectivity index (χ0) is 15.1. The van der Waals surface area contributed by atoms with Gasteiger partial charge in [-0.3, -0.25) is 0 Å². The van der Waals surface area contributed by atoms with Gasteiger partial charge in [-0.1, -0.05) is 0 Å². The third-order valence-corrected chi connectivity index (χ3v) is 3.61. The first-order chi connectivity index (χ1) is 10.2. The fourth-order valence-electron chi connectivity index (χ4n) is 1.51. The lowest BCUT2D eigenvalue weighted by Gasteiger charge is -2.11. The number of aliphatic hydroxyl groups is 1. The number of pyridine rings is 1. The molecule has 0 amide bonds. The summed E-state index contributed by atoms with van der Waals surface area (Å²) in [7, 11) is 0. The molecule has 0 bridgehead atoms. The molecule has 0 radical (unpaired) electrons. The molecule has 4 nitrogen and oxygen atoms in total. The molecule has 2 aromatic rings. The highest BCUT2D eigenvalue weighted by Crippen LogP contribution is 2.18. The number of ether oxygens (including phenoxy) is 1. The topological polar surface area (TPSA) is 66.1 Å². The second-order valence-electron chi connectivity index (χ2n) is 4.22. The number of hydrogen-bond acceptors (Lipinski definition) is 5. The fourth-order valence-corrected chi connectivity index (χ4v) is 2.32. The summed E-state index contributed by atoms with van der Waals surface area (Å²) in [5.41, 5.74) is 0.532. The minimum Gasteiger partial charge on any atom is -0.491 e. The third-order valence-electron chi connectivity index (χ3n) is 2.54. The van der Waals surface area contributed by atoms with E-state index in [0.29, 0.717) is 22.1 Å². The number of thioether (sulfide) groups is 1. The van der Waals surface area contributed by atoms with E-state index in [-0.39, 0.29) is 12.4 Å². The van der Waals surface area contributed by atoms with Gasteiger partial charge >= 0.3 is 0 Å². The third kappa shape index (κ3) is 5.06. The number of nitriles is 1. The molecule has 0 saturated carbocycles. The molecule has 0 aliphatic rings. The Balaban J connectivity index is 1.78. The first-order valence-electron chi connectivity index (χ1n) is 6.23. The van der Waals surface area contributed by atoms with Crippen LogP contribution >= 0.6 is 11.8 Å². The molecule has 1 atom stereocenters. The van der Waals surface area contributed by atoms with Crippen LogP contribution in [0.5, 0.6) is 5.75 Å². The molecule has 1 N–H and O–H groups in total. The van der Waals surface area contributed by atoms with Crippen molar-refractivity contribution < 1.29 is 14.2 Å². The molecular weight excluding hydrogens is 291 g/mol.